The minimum atomic E-state index is 0.279. The molecule has 1 saturated heterocycles. The van der Waals surface area contributed by atoms with E-state index in [1.54, 1.807) is 7.11 Å². The lowest BCUT2D eigenvalue weighted by molar-refractivity contribution is 0.249. The monoisotopic (exact) mass is 261 g/mol. The van der Waals surface area contributed by atoms with Crippen molar-refractivity contribution in [1.29, 1.82) is 0 Å². The van der Waals surface area contributed by atoms with Gasteiger partial charge in [0, 0.05) is 12.0 Å². The summed E-state index contributed by atoms with van der Waals surface area (Å²) in [5.74, 6) is 0.973. The van der Waals surface area contributed by atoms with Crippen LogP contribution in [0.15, 0.2) is 24.3 Å². The number of nitrogens with zero attached hydrogens (tertiary/aromatic N) is 1. The van der Waals surface area contributed by atoms with Gasteiger partial charge in [0.25, 0.3) is 0 Å². The Labute approximate surface area is 117 Å². The predicted octanol–water partition coefficient (Wildman–Crippen LogP) is 3.70. The summed E-state index contributed by atoms with van der Waals surface area (Å²) in [6, 6.07) is 8.65. The van der Waals surface area contributed by atoms with Gasteiger partial charge in [0.15, 0.2) is 0 Å². The van der Waals surface area contributed by atoms with Gasteiger partial charge in [-0.05, 0) is 49.5 Å². The van der Waals surface area contributed by atoms with Crippen LogP contribution in [-0.2, 0) is 5.41 Å². The third-order valence-corrected chi connectivity index (χ3v) is 4.10. The summed E-state index contributed by atoms with van der Waals surface area (Å²) in [5, 5.41) is 0. The maximum atomic E-state index is 5.40. The van der Waals surface area contributed by atoms with Gasteiger partial charge in [-0.1, -0.05) is 32.9 Å². The number of rotatable bonds is 3. The fourth-order valence-corrected chi connectivity index (χ4v) is 3.53. The minimum Gasteiger partial charge on any atom is -0.497 e. The summed E-state index contributed by atoms with van der Waals surface area (Å²) in [6.07, 6.45) is 2.46. The van der Waals surface area contributed by atoms with Crippen LogP contribution in [0.4, 0.5) is 0 Å². The van der Waals surface area contributed by atoms with Crippen molar-refractivity contribution in [2.45, 2.75) is 39.0 Å². The number of benzene rings is 1. The molecule has 106 valence electrons. The largest absolute Gasteiger partial charge is 0.497 e. The van der Waals surface area contributed by atoms with Crippen LogP contribution >= 0.6 is 0 Å². The molecule has 0 radical (unpaired) electrons. The number of hydrogen-bond donors (Lipinski definition) is 0. The molecule has 1 heterocycles. The van der Waals surface area contributed by atoms with Crippen LogP contribution in [0.1, 0.15) is 39.2 Å². The SMILES string of the molecule is COc1cccc([C@]2(CC(C)(C)C)CCN(C)C2)c1. The molecule has 1 atom stereocenters. The molecular weight excluding hydrogens is 234 g/mol. The van der Waals surface area contributed by atoms with Crippen molar-refractivity contribution >= 4 is 0 Å². The molecule has 2 nitrogen and oxygen atoms in total. The van der Waals surface area contributed by atoms with E-state index in [0.29, 0.717) is 5.41 Å². The molecule has 0 bridgehead atoms. The summed E-state index contributed by atoms with van der Waals surface area (Å²) < 4.78 is 5.40. The maximum Gasteiger partial charge on any atom is 0.119 e. The van der Waals surface area contributed by atoms with E-state index in [2.05, 4.69) is 50.9 Å². The summed E-state index contributed by atoms with van der Waals surface area (Å²) >= 11 is 0. The molecule has 0 unspecified atom stereocenters. The molecule has 0 saturated carbocycles. The van der Waals surface area contributed by atoms with Crippen molar-refractivity contribution in [2.75, 3.05) is 27.2 Å². The minimum absolute atomic E-state index is 0.279. The Morgan fingerprint density at radius 2 is 2.05 bits per heavy atom. The first-order chi connectivity index (χ1) is 8.85. The zero-order valence-corrected chi connectivity index (χ0v) is 13.0. The van der Waals surface area contributed by atoms with Crippen LogP contribution in [0, 0.1) is 5.41 Å². The van der Waals surface area contributed by atoms with Crippen LogP contribution in [0.2, 0.25) is 0 Å². The Balaban J connectivity index is 2.37. The van der Waals surface area contributed by atoms with Crippen LogP contribution in [0.3, 0.4) is 0 Å². The maximum absolute atomic E-state index is 5.40. The van der Waals surface area contributed by atoms with Crippen LogP contribution < -0.4 is 4.74 Å². The van der Waals surface area contributed by atoms with Crippen LogP contribution in [0.5, 0.6) is 5.75 Å². The Morgan fingerprint density at radius 3 is 2.58 bits per heavy atom. The Hall–Kier alpha value is -1.02. The summed E-state index contributed by atoms with van der Waals surface area (Å²) in [5.41, 5.74) is 2.06. The zero-order chi connectivity index (χ0) is 14.1. The van der Waals surface area contributed by atoms with E-state index < -0.39 is 0 Å². The molecule has 1 aromatic rings. The topological polar surface area (TPSA) is 12.5 Å². The van der Waals surface area contributed by atoms with Gasteiger partial charge in [-0.15, -0.1) is 0 Å². The van der Waals surface area contributed by atoms with Gasteiger partial charge in [0.05, 0.1) is 7.11 Å². The summed E-state index contributed by atoms with van der Waals surface area (Å²) in [6.45, 7) is 9.36. The molecule has 1 fully saturated rings. The highest BCUT2D eigenvalue weighted by atomic mass is 16.5. The molecule has 0 spiro atoms. The number of likely N-dealkylation sites (tertiary alicyclic amines) is 1. The van der Waals surface area contributed by atoms with Gasteiger partial charge in [-0.25, -0.2) is 0 Å². The van der Waals surface area contributed by atoms with Gasteiger partial charge in [0.2, 0.25) is 0 Å². The Kier molecular flexibility index (Phi) is 3.91. The van der Waals surface area contributed by atoms with E-state index in [-0.39, 0.29) is 5.41 Å². The number of likely N-dealkylation sites (N-methyl/N-ethyl adjacent to an activating group) is 1. The van der Waals surface area contributed by atoms with Crippen LogP contribution in [0.25, 0.3) is 0 Å². The lowest BCUT2D eigenvalue weighted by atomic mass is 9.69. The molecule has 19 heavy (non-hydrogen) atoms. The highest BCUT2D eigenvalue weighted by Gasteiger charge is 2.41. The third kappa shape index (κ3) is 3.30. The van der Waals surface area contributed by atoms with E-state index >= 15 is 0 Å². The second-order valence-electron chi connectivity index (χ2n) is 7.24. The molecule has 1 aromatic carbocycles. The standard InChI is InChI=1S/C17H27NO/c1-16(2,3)12-17(9-10-18(4)13-17)14-7-6-8-15(11-14)19-5/h6-8,11H,9-10,12-13H2,1-5H3/t17-/m0/s1. The lowest BCUT2D eigenvalue weighted by Gasteiger charge is -2.36. The lowest BCUT2D eigenvalue weighted by Crippen LogP contribution is -2.34. The summed E-state index contributed by atoms with van der Waals surface area (Å²) in [4.78, 5) is 2.45. The second-order valence-corrected chi connectivity index (χ2v) is 7.24. The second kappa shape index (κ2) is 5.16. The molecule has 0 aliphatic carbocycles. The van der Waals surface area contributed by atoms with E-state index in [4.69, 9.17) is 4.74 Å². The van der Waals surface area contributed by atoms with Crippen molar-refractivity contribution in [2.24, 2.45) is 5.41 Å². The molecule has 2 rings (SSSR count). The molecule has 0 N–H and O–H groups in total. The molecule has 0 amide bonds. The van der Waals surface area contributed by atoms with Gasteiger partial charge >= 0.3 is 0 Å². The Bertz CT molecular complexity index is 435. The van der Waals surface area contributed by atoms with Gasteiger partial charge in [-0.3, -0.25) is 0 Å². The quantitative estimate of drug-likeness (QED) is 0.822. The average Bonchev–Trinajstić information content (AvgIpc) is 2.70. The molecule has 1 aliphatic rings. The number of ether oxygens (including phenoxy) is 1. The fraction of sp³-hybridized carbons (Fsp3) is 0.647. The van der Waals surface area contributed by atoms with Gasteiger partial charge in [-0.2, -0.15) is 0 Å². The molecule has 2 heteroatoms. The number of hydrogen-bond acceptors (Lipinski definition) is 2. The number of methoxy groups -OCH3 is 1. The molecule has 1 aliphatic heterocycles. The van der Waals surface area contributed by atoms with Crippen LogP contribution in [-0.4, -0.2) is 32.1 Å². The normalized spacial score (nSPS) is 24.7. The average molecular weight is 261 g/mol. The van der Waals surface area contributed by atoms with E-state index in [1.165, 1.54) is 24.9 Å². The fourth-order valence-electron chi connectivity index (χ4n) is 3.53. The highest BCUT2D eigenvalue weighted by molar-refractivity contribution is 5.35. The first-order valence-electron chi connectivity index (χ1n) is 7.18. The van der Waals surface area contributed by atoms with Crippen molar-refractivity contribution < 1.29 is 4.74 Å². The Morgan fingerprint density at radius 1 is 1.32 bits per heavy atom. The van der Waals surface area contributed by atoms with E-state index in [1.807, 2.05) is 6.07 Å². The van der Waals surface area contributed by atoms with Crippen molar-refractivity contribution in [3.8, 4) is 5.75 Å². The van der Waals surface area contributed by atoms with E-state index in [0.717, 1.165) is 12.3 Å². The van der Waals surface area contributed by atoms with Gasteiger partial charge < -0.3 is 9.64 Å². The predicted molar refractivity (Wildman–Crippen MR) is 80.9 cm³/mol. The van der Waals surface area contributed by atoms with Crippen molar-refractivity contribution in [3.05, 3.63) is 29.8 Å². The first-order valence-corrected chi connectivity index (χ1v) is 7.18. The highest BCUT2D eigenvalue weighted by Crippen LogP contribution is 2.43. The molecule has 0 aromatic heterocycles. The van der Waals surface area contributed by atoms with Crippen molar-refractivity contribution in [1.82, 2.24) is 4.90 Å². The smallest absolute Gasteiger partial charge is 0.119 e. The van der Waals surface area contributed by atoms with Gasteiger partial charge in [0.1, 0.15) is 5.75 Å². The summed E-state index contributed by atoms with van der Waals surface area (Å²) in [7, 11) is 3.97. The van der Waals surface area contributed by atoms with Crippen molar-refractivity contribution in [3.63, 3.8) is 0 Å². The zero-order valence-electron chi connectivity index (χ0n) is 13.0. The first kappa shape index (κ1) is 14.4. The molecular formula is C17H27NO. The van der Waals surface area contributed by atoms with E-state index in [9.17, 15) is 0 Å². The third-order valence-electron chi connectivity index (χ3n) is 4.10.